The lowest BCUT2D eigenvalue weighted by Gasteiger charge is -2.31. The minimum Gasteiger partial charge on any atom is -0.377 e. The zero-order valence-electron chi connectivity index (χ0n) is 11.3. The average molecular weight is 288 g/mol. The van der Waals surface area contributed by atoms with E-state index >= 15 is 0 Å². The van der Waals surface area contributed by atoms with Gasteiger partial charge in [0.1, 0.15) is 0 Å². The molecule has 2 aliphatic heterocycles. The van der Waals surface area contributed by atoms with E-state index < -0.39 is 10.0 Å². The molecule has 3 fully saturated rings. The zero-order chi connectivity index (χ0) is 13.3. The van der Waals surface area contributed by atoms with Crippen molar-refractivity contribution in [1.29, 1.82) is 0 Å². The topological polar surface area (TPSA) is 67.4 Å². The first kappa shape index (κ1) is 13.8. The highest BCUT2D eigenvalue weighted by molar-refractivity contribution is 7.89. The number of hydrogen-bond acceptors (Lipinski definition) is 4. The van der Waals surface area contributed by atoms with Crippen molar-refractivity contribution in [2.45, 2.75) is 44.2 Å². The SMILES string of the molecule is O=S(=O)(CC1CCCO1)NC1CC[C@H]2CNC[C@H]2C1. The summed E-state index contributed by atoms with van der Waals surface area (Å²) in [5.41, 5.74) is 0. The van der Waals surface area contributed by atoms with Crippen molar-refractivity contribution in [2.24, 2.45) is 11.8 Å². The fourth-order valence-corrected chi connectivity index (χ4v) is 5.30. The van der Waals surface area contributed by atoms with Gasteiger partial charge in [-0.2, -0.15) is 0 Å². The first-order chi connectivity index (χ1) is 9.12. The minimum absolute atomic E-state index is 0.0954. The number of fused-ring (bicyclic) bond motifs is 1. The maximum Gasteiger partial charge on any atom is 0.214 e. The Morgan fingerprint density at radius 1 is 1.16 bits per heavy atom. The van der Waals surface area contributed by atoms with E-state index in [9.17, 15) is 8.42 Å². The molecular formula is C13H24N2O3S. The first-order valence-corrected chi connectivity index (χ1v) is 9.10. The molecule has 0 spiro atoms. The van der Waals surface area contributed by atoms with E-state index in [0.29, 0.717) is 12.5 Å². The maximum atomic E-state index is 12.1. The summed E-state index contributed by atoms with van der Waals surface area (Å²) in [6.45, 7) is 2.87. The molecule has 0 bridgehead atoms. The van der Waals surface area contributed by atoms with Gasteiger partial charge in [-0.25, -0.2) is 13.1 Å². The molecule has 0 amide bonds. The van der Waals surface area contributed by atoms with Gasteiger partial charge in [0, 0.05) is 12.6 Å². The number of rotatable bonds is 4. The van der Waals surface area contributed by atoms with Crippen molar-refractivity contribution in [2.75, 3.05) is 25.4 Å². The van der Waals surface area contributed by atoms with Crippen LogP contribution in [0.25, 0.3) is 0 Å². The van der Waals surface area contributed by atoms with Crippen molar-refractivity contribution in [3.8, 4) is 0 Å². The van der Waals surface area contributed by atoms with Gasteiger partial charge in [0.15, 0.2) is 0 Å². The van der Waals surface area contributed by atoms with E-state index in [1.807, 2.05) is 0 Å². The van der Waals surface area contributed by atoms with Crippen LogP contribution in [0.1, 0.15) is 32.1 Å². The van der Waals surface area contributed by atoms with Gasteiger partial charge >= 0.3 is 0 Å². The van der Waals surface area contributed by atoms with Crippen molar-refractivity contribution in [3.05, 3.63) is 0 Å². The van der Waals surface area contributed by atoms with Crippen LogP contribution in [0.2, 0.25) is 0 Å². The van der Waals surface area contributed by atoms with Crippen LogP contribution in [-0.4, -0.2) is 46.0 Å². The van der Waals surface area contributed by atoms with Crippen LogP contribution in [0, 0.1) is 11.8 Å². The second kappa shape index (κ2) is 5.68. The fraction of sp³-hybridized carbons (Fsp3) is 1.00. The average Bonchev–Trinajstić information content (AvgIpc) is 2.97. The van der Waals surface area contributed by atoms with E-state index in [-0.39, 0.29) is 17.9 Å². The van der Waals surface area contributed by atoms with Crippen LogP contribution in [0.3, 0.4) is 0 Å². The zero-order valence-corrected chi connectivity index (χ0v) is 12.1. The molecule has 0 radical (unpaired) electrons. The molecule has 6 heteroatoms. The highest BCUT2D eigenvalue weighted by Gasteiger charge is 2.35. The van der Waals surface area contributed by atoms with Gasteiger partial charge in [-0.1, -0.05) is 0 Å². The highest BCUT2D eigenvalue weighted by Crippen LogP contribution is 2.32. The highest BCUT2D eigenvalue weighted by atomic mass is 32.2. The molecule has 3 rings (SSSR count). The van der Waals surface area contributed by atoms with Gasteiger partial charge in [-0.05, 0) is 57.0 Å². The molecule has 0 aromatic carbocycles. The smallest absolute Gasteiger partial charge is 0.214 e. The lowest BCUT2D eigenvalue weighted by Crippen LogP contribution is -2.43. The van der Waals surface area contributed by atoms with Crippen molar-refractivity contribution in [3.63, 3.8) is 0 Å². The lowest BCUT2D eigenvalue weighted by atomic mass is 9.79. The molecular weight excluding hydrogens is 264 g/mol. The molecule has 2 heterocycles. The van der Waals surface area contributed by atoms with Crippen molar-refractivity contribution in [1.82, 2.24) is 10.0 Å². The largest absolute Gasteiger partial charge is 0.377 e. The molecule has 1 aliphatic carbocycles. The standard InChI is InChI=1S/C13H24N2O3S/c16-19(17,9-13-2-1-5-18-13)15-12-4-3-10-7-14-8-11(10)6-12/h10-15H,1-9H2/t10-,11+,12?,13?/m0/s1. The predicted octanol–water partition coefficient (Wildman–Crippen LogP) is 0.473. The van der Waals surface area contributed by atoms with E-state index in [1.165, 1.54) is 0 Å². The Morgan fingerprint density at radius 3 is 2.79 bits per heavy atom. The lowest BCUT2D eigenvalue weighted by molar-refractivity contribution is 0.127. The maximum absolute atomic E-state index is 12.1. The summed E-state index contributed by atoms with van der Waals surface area (Å²) < 4.78 is 32.6. The number of nitrogens with one attached hydrogen (secondary N) is 2. The molecule has 110 valence electrons. The van der Waals surface area contributed by atoms with E-state index in [2.05, 4.69) is 10.0 Å². The molecule has 0 aromatic heterocycles. The summed E-state index contributed by atoms with van der Waals surface area (Å²) in [7, 11) is -3.19. The van der Waals surface area contributed by atoms with Crippen molar-refractivity contribution >= 4 is 10.0 Å². The van der Waals surface area contributed by atoms with Crippen LogP contribution in [0.5, 0.6) is 0 Å². The predicted molar refractivity (Wildman–Crippen MR) is 73.4 cm³/mol. The Balaban J connectivity index is 1.52. The molecule has 1 saturated carbocycles. The summed E-state index contributed by atoms with van der Waals surface area (Å²) in [4.78, 5) is 0. The van der Waals surface area contributed by atoms with Gasteiger partial charge in [-0.3, -0.25) is 0 Å². The summed E-state index contributed by atoms with van der Waals surface area (Å²) in [6, 6.07) is 0.132. The second-order valence-electron chi connectivity index (χ2n) is 6.22. The molecule has 2 N–H and O–H groups in total. The summed E-state index contributed by atoms with van der Waals surface area (Å²) >= 11 is 0. The molecule has 3 aliphatic rings. The summed E-state index contributed by atoms with van der Waals surface area (Å²) in [5.74, 6) is 1.55. The van der Waals surface area contributed by atoms with Gasteiger partial charge in [0.05, 0.1) is 11.9 Å². The van der Waals surface area contributed by atoms with E-state index in [0.717, 1.165) is 51.1 Å². The van der Waals surface area contributed by atoms with Gasteiger partial charge in [0.25, 0.3) is 0 Å². The molecule has 2 unspecified atom stereocenters. The Morgan fingerprint density at radius 2 is 2.00 bits per heavy atom. The van der Waals surface area contributed by atoms with Gasteiger partial charge in [0.2, 0.25) is 10.0 Å². The second-order valence-corrected chi connectivity index (χ2v) is 8.02. The number of hydrogen-bond donors (Lipinski definition) is 2. The Kier molecular flexibility index (Phi) is 4.12. The third kappa shape index (κ3) is 3.48. The monoisotopic (exact) mass is 288 g/mol. The normalized spacial score (nSPS) is 39.4. The molecule has 2 saturated heterocycles. The van der Waals surface area contributed by atoms with Crippen LogP contribution < -0.4 is 10.0 Å². The molecule has 0 aromatic rings. The number of sulfonamides is 1. The minimum atomic E-state index is -3.19. The van der Waals surface area contributed by atoms with E-state index in [4.69, 9.17) is 4.74 Å². The third-order valence-corrected chi connectivity index (χ3v) is 6.23. The summed E-state index contributed by atoms with van der Waals surface area (Å²) in [6.07, 6.45) is 4.88. The van der Waals surface area contributed by atoms with E-state index in [1.54, 1.807) is 0 Å². The Hall–Kier alpha value is -0.170. The quantitative estimate of drug-likeness (QED) is 0.789. The molecule has 4 atom stereocenters. The van der Waals surface area contributed by atoms with Crippen LogP contribution in [0.4, 0.5) is 0 Å². The number of ether oxygens (including phenoxy) is 1. The van der Waals surface area contributed by atoms with Crippen LogP contribution in [0.15, 0.2) is 0 Å². The van der Waals surface area contributed by atoms with Crippen LogP contribution >= 0.6 is 0 Å². The third-order valence-electron chi connectivity index (χ3n) is 4.73. The Labute approximate surface area is 115 Å². The summed E-state index contributed by atoms with van der Waals surface area (Å²) in [5, 5.41) is 3.41. The van der Waals surface area contributed by atoms with Crippen LogP contribution in [-0.2, 0) is 14.8 Å². The first-order valence-electron chi connectivity index (χ1n) is 7.45. The van der Waals surface area contributed by atoms with Gasteiger partial charge in [-0.15, -0.1) is 0 Å². The molecule has 19 heavy (non-hydrogen) atoms. The molecule has 5 nitrogen and oxygen atoms in total. The van der Waals surface area contributed by atoms with Gasteiger partial charge < -0.3 is 10.1 Å². The fourth-order valence-electron chi connectivity index (χ4n) is 3.73. The van der Waals surface area contributed by atoms with Crippen molar-refractivity contribution < 1.29 is 13.2 Å². The Bertz CT molecular complexity index is 406.